The van der Waals surface area contributed by atoms with Crippen molar-refractivity contribution >= 4 is 11.9 Å². The molecule has 1 aliphatic carbocycles. The summed E-state index contributed by atoms with van der Waals surface area (Å²) in [5.41, 5.74) is 0. The van der Waals surface area contributed by atoms with Gasteiger partial charge in [-0.15, -0.1) is 0 Å². The Bertz CT molecular complexity index is 353. The predicted octanol–water partition coefficient (Wildman–Crippen LogP) is 3.97. The number of carbonyl (C=O) groups is 2. The van der Waals surface area contributed by atoms with Crippen LogP contribution in [0.3, 0.4) is 0 Å². The van der Waals surface area contributed by atoms with Crippen molar-refractivity contribution in [2.24, 2.45) is 23.7 Å². The first-order valence-electron chi connectivity index (χ1n) is 8.89. The Morgan fingerprint density at radius 2 is 1.41 bits per heavy atom. The Kier molecular flexibility index (Phi) is 8.51. The van der Waals surface area contributed by atoms with Crippen LogP contribution in [0.4, 0.5) is 0 Å². The van der Waals surface area contributed by atoms with Gasteiger partial charge in [0.2, 0.25) is 0 Å². The summed E-state index contributed by atoms with van der Waals surface area (Å²) in [7, 11) is 0. The third-order valence-corrected chi connectivity index (χ3v) is 4.60. The fourth-order valence-electron chi connectivity index (χ4n) is 3.49. The van der Waals surface area contributed by atoms with Crippen LogP contribution in [-0.4, -0.2) is 25.2 Å². The van der Waals surface area contributed by atoms with Crippen molar-refractivity contribution in [3.63, 3.8) is 0 Å². The molecule has 0 radical (unpaired) electrons. The molecule has 0 aromatic rings. The van der Waals surface area contributed by atoms with E-state index in [2.05, 4.69) is 13.8 Å². The van der Waals surface area contributed by atoms with E-state index in [1.54, 1.807) is 0 Å². The predicted molar refractivity (Wildman–Crippen MR) is 86.3 cm³/mol. The van der Waals surface area contributed by atoms with Crippen LogP contribution in [-0.2, 0) is 19.1 Å². The van der Waals surface area contributed by atoms with Gasteiger partial charge in [-0.25, -0.2) is 0 Å². The third kappa shape index (κ3) is 4.99. The van der Waals surface area contributed by atoms with Crippen LogP contribution >= 0.6 is 0 Å². The molecule has 128 valence electrons. The first-order valence-corrected chi connectivity index (χ1v) is 8.89. The molecule has 1 rings (SSSR count). The first kappa shape index (κ1) is 19.0. The van der Waals surface area contributed by atoms with Gasteiger partial charge in [0, 0.05) is 0 Å². The molecule has 0 bridgehead atoms. The van der Waals surface area contributed by atoms with E-state index in [0.29, 0.717) is 13.2 Å². The van der Waals surface area contributed by atoms with E-state index >= 15 is 0 Å². The zero-order valence-corrected chi connectivity index (χ0v) is 14.6. The van der Waals surface area contributed by atoms with Crippen molar-refractivity contribution in [3.05, 3.63) is 0 Å². The van der Waals surface area contributed by atoms with Gasteiger partial charge in [0.15, 0.2) is 0 Å². The van der Waals surface area contributed by atoms with Gasteiger partial charge in [0.25, 0.3) is 0 Å². The minimum atomic E-state index is -0.346. The second-order valence-electron chi connectivity index (χ2n) is 6.49. The molecule has 4 unspecified atom stereocenters. The van der Waals surface area contributed by atoms with E-state index in [4.69, 9.17) is 9.47 Å². The van der Waals surface area contributed by atoms with Crippen molar-refractivity contribution in [1.29, 1.82) is 0 Å². The molecule has 1 saturated carbocycles. The van der Waals surface area contributed by atoms with Gasteiger partial charge < -0.3 is 9.47 Å². The van der Waals surface area contributed by atoms with Crippen LogP contribution in [0.5, 0.6) is 0 Å². The van der Waals surface area contributed by atoms with Crippen LogP contribution in [0.2, 0.25) is 0 Å². The van der Waals surface area contributed by atoms with Crippen LogP contribution < -0.4 is 0 Å². The van der Waals surface area contributed by atoms with Gasteiger partial charge in [-0.05, 0) is 43.9 Å². The van der Waals surface area contributed by atoms with Gasteiger partial charge in [0.1, 0.15) is 0 Å². The van der Waals surface area contributed by atoms with Crippen molar-refractivity contribution < 1.29 is 19.1 Å². The topological polar surface area (TPSA) is 52.6 Å². The Labute approximate surface area is 134 Å². The Morgan fingerprint density at radius 1 is 0.864 bits per heavy atom. The molecule has 4 heteroatoms. The number of hydrogen-bond donors (Lipinski definition) is 0. The number of hydrogen-bond acceptors (Lipinski definition) is 4. The summed E-state index contributed by atoms with van der Waals surface area (Å²) in [6.07, 6.45) is 5.57. The lowest BCUT2D eigenvalue weighted by Crippen LogP contribution is -2.44. The normalized spacial score (nSPS) is 28.2. The highest BCUT2D eigenvalue weighted by molar-refractivity contribution is 5.83. The van der Waals surface area contributed by atoms with Gasteiger partial charge in [-0.1, -0.05) is 34.1 Å². The molecular formula is C18H32O4. The Balaban J connectivity index is 2.92. The molecule has 0 spiro atoms. The highest BCUT2D eigenvalue weighted by Gasteiger charge is 2.46. The van der Waals surface area contributed by atoms with Crippen LogP contribution in [0.15, 0.2) is 0 Å². The summed E-state index contributed by atoms with van der Waals surface area (Å²) < 4.78 is 10.8. The average molecular weight is 312 g/mol. The smallest absolute Gasteiger partial charge is 0.310 e. The van der Waals surface area contributed by atoms with Crippen LogP contribution in [0.25, 0.3) is 0 Å². The fraction of sp³-hybridized carbons (Fsp3) is 0.889. The quantitative estimate of drug-likeness (QED) is 0.636. The number of rotatable bonds is 8. The van der Waals surface area contributed by atoms with Crippen molar-refractivity contribution in [2.75, 3.05) is 13.2 Å². The summed E-state index contributed by atoms with van der Waals surface area (Å²) in [4.78, 5) is 25.0. The van der Waals surface area contributed by atoms with E-state index in [9.17, 15) is 9.59 Å². The summed E-state index contributed by atoms with van der Waals surface area (Å²) >= 11 is 0. The second kappa shape index (κ2) is 9.86. The largest absolute Gasteiger partial charge is 0.465 e. The molecule has 0 aliphatic heterocycles. The van der Waals surface area contributed by atoms with Crippen LogP contribution in [0, 0.1) is 23.7 Å². The lowest BCUT2D eigenvalue weighted by atomic mass is 9.66. The van der Waals surface area contributed by atoms with E-state index in [1.807, 2.05) is 13.8 Å². The molecule has 0 heterocycles. The molecule has 1 fully saturated rings. The van der Waals surface area contributed by atoms with Gasteiger partial charge in [-0.3, -0.25) is 9.59 Å². The third-order valence-electron chi connectivity index (χ3n) is 4.60. The number of carbonyl (C=O) groups excluding carboxylic acids is 2. The molecule has 0 aromatic carbocycles. The second-order valence-corrected chi connectivity index (χ2v) is 6.49. The van der Waals surface area contributed by atoms with Crippen molar-refractivity contribution in [2.45, 2.75) is 66.2 Å². The van der Waals surface area contributed by atoms with E-state index in [0.717, 1.165) is 38.5 Å². The first-order chi connectivity index (χ1) is 10.6. The van der Waals surface area contributed by atoms with E-state index < -0.39 is 0 Å². The average Bonchev–Trinajstić information content (AvgIpc) is 2.51. The SMILES string of the molecule is CCCOC(=O)C1C(C)CCC(CCC)C1C(=O)OCCC. The number of esters is 2. The molecule has 0 N–H and O–H groups in total. The maximum Gasteiger partial charge on any atom is 0.310 e. The van der Waals surface area contributed by atoms with E-state index in [1.165, 1.54) is 0 Å². The van der Waals surface area contributed by atoms with Crippen molar-refractivity contribution in [3.8, 4) is 0 Å². The standard InChI is InChI=1S/C18H32O4/c1-5-8-14-10-9-13(4)15(17(19)21-11-6-2)16(14)18(20)22-12-7-3/h13-16H,5-12H2,1-4H3. The maximum atomic E-state index is 12.5. The molecule has 4 atom stereocenters. The van der Waals surface area contributed by atoms with Gasteiger partial charge in [0.05, 0.1) is 25.0 Å². The van der Waals surface area contributed by atoms with Gasteiger partial charge >= 0.3 is 11.9 Å². The van der Waals surface area contributed by atoms with Crippen LogP contribution in [0.1, 0.15) is 66.2 Å². The minimum Gasteiger partial charge on any atom is -0.465 e. The summed E-state index contributed by atoms with van der Waals surface area (Å²) in [6, 6.07) is 0. The summed E-state index contributed by atoms with van der Waals surface area (Å²) in [5.74, 6) is -0.680. The molecule has 0 aromatic heterocycles. The molecule has 0 saturated heterocycles. The highest BCUT2D eigenvalue weighted by atomic mass is 16.5. The van der Waals surface area contributed by atoms with E-state index in [-0.39, 0.29) is 35.6 Å². The molecule has 0 amide bonds. The lowest BCUT2D eigenvalue weighted by molar-refractivity contribution is -0.168. The lowest BCUT2D eigenvalue weighted by Gasteiger charge is -2.39. The fourth-order valence-corrected chi connectivity index (χ4v) is 3.49. The summed E-state index contributed by atoms with van der Waals surface area (Å²) in [6.45, 7) is 8.99. The number of ether oxygens (including phenoxy) is 2. The zero-order chi connectivity index (χ0) is 16.5. The highest BCUT2D eigenvalue weighted by Crippen LogP contribution is 2.42. The minimum absolute atomic E-state index is 0.177. The maximum absolute atomic E-state index is 12.5. The van der Waals surface area contributed by atoms with Gasteiger partial charge in [-0.2, -0.15) is 0 Å². The zero-order valence-electron chi connectivity index (χ0n) is 14.6. The summed E-state index contributed by atoms with van der Waals surface area (Å²) in [5, 5.41) is 0. The van der Waals surface area contributed by atoms with Crippen molar-refractivity contribution in [1.82, 2.24) is 0 Å². The Morgan fingerprint density at radius 3 is 1.91 bits per heavy atom. The molecule has 22 heavy (non-hydrogen) atoms. The Hall–Kier alpha value is -1.06. The molecule has 4 nitrogen and oxygen atoms in total. The molecule has 1 aliphatic rings. The molecular weight excluding hydrogens is 280 g/mol. The monoisotopic (exact) mass is 312 g/mol.